The third kappa shape index (κ3) is 3.44. The number of hydrogen-bond acceptors (Lipinski definition) is 4. The van der Waals surface area contributed by atoms with Crippen molar-refractivity contribution < 1.29 is 13.2 Å². The minimum absolute atomic E-state index is 0.0644. The molecule has 2 aliphatic rings. The van der Waals surface area contributed by atoms with E-state index in [4.69, 9.17) is 0 Å². The first kappa shape index (κ1) is 19.1. The SMILES string of the molecule is CC1c2ccccc2CCN1C(=O)C1CCN(S(=O)(=O)c2cccnc2)CC1. The quantitative estimate of drug-likeness (QED) is 0.796. The number of piperidine rings is 1. The van der Waals surface area contributed by atoms with Crippen molar-refractivity contribution in [3.8, 4) is 0 Å². The minimum atomic E-state index is -3.54. The van der Waals surface area contributed by atoms with Crippen LogP contribution in [0.15, 0.2) is 53.7 Å². The van der Waals surface area contributed by atoms with Crippen LogP contribution in [0.25, 0.3) is 0 Å². The average Bonchev–Trinajstić information content (AvgIpc) is 2.74. The van der Waals surface area contributed by atoms with E-state index in [2.05, 4.69) is 24.0 Å². The first-order chi connectivity index (χ1) is 13.5. The van der Waals surface area contributed by atoms with Crippen LogP contribution in [-0.4, -0.2) is 48.1 Å². The highest BCUT2D eigenvalue weighted by Crippen LogP contribution is 2.32. The van der Waals surface area contributed by atoms with Gasteiger partial charge in [-0.15, -0.1) is 0 Å². The maximum Gasteiger partial charge on any atom is 0.244 e. The maximum absolute atomic E-state index is 13.1. The molecule has 4 rings (SSSR count). The molecule has 148 valence electrons. The van der Waals surface area contributed by atoms with Crippen LogP contribution in [0.2, 0.25) is 0 Å². The molecule has 1 atom stereocenters. The second-order valence-electron chi connectivity index (χ2n) is 7.52. The molecular formula is C21H25N3O3S. The maximum atomic E-state index is 13.1. The molecule has 1 unspecified atom stereocenters. The molecule has 1 saturated heterocycles. The first-order valence-corrected chi connectivity index (χ1v) is 11.2. The van der Waals surface area contributed by atoms with Crippen LogP contribution < -0.4 is 0 Å². The zero-order valence-corrected chi connectivity index (χ0v) is 16.8. The molecule has 0 saturated carbocycles. The number of fused-ring (bicyclic) bond motifs is 1. The molecule has 1 fully saturated rings. The van der Waals surface area contributed by atoms with Gasteiger partial charge in [-0.05, 0) is 49.4 Å². The fraction of sp³-hybridized carbons (Fsp3) is 0.429. The Morgan fingerprint density at radius 3 is 2.54 bits per heavy atom. The molecule has 3 heterocycles. The fourth-order valence-electron chi connectivity index (χ4n) is 4.30. The van der Waals surface area contributed by atoms with Gasteiger partial charge in [-0.2, -0.15) is 4.31 Å². The number of sulfonamides is 1. The lowest BCUT2D eigenvalue weighted by molar-refractivity contribution is -0.139. The van der Waals surface area contributed by atoms with Crippen LogP contribution in [0.4, 0.5) is 0 Å². The van der Waals surface area contributed by atoms with Gasteiger partial charge in [-0.1, -0.05) is 24.3 Å². The van der Waals surface area contributed by atoms with E-state index >= 15 is 0 Å². The van der Waals surface area contributed by atoms with Gasteiger partial charge < -0.3 is 4.90 Å². The summed E-state index contributed by atoms with van der Waals surface area (Å²) in [6.07, 6.45) is 4.92. The average molecular weight is 400 g/mol. The standard InChI is InChI=1S/C21H25N3O3S/c1-16-20-7-3-2-5-17(20)10-14-24(16)21(25)18-8-12-23(13-9-18)28(26,27)19-6-4-11-22-15-19/h2-7,11,15-16,18H,8-10,12-14H2,1H3. The van der Waals surface area contributed by atoms with Crippen molar-refractivity contribution in [1.29, 1.82) is 0 Å². The Kier molecular flexibility index (Phi) is 5.21. The Labute approximate surface area is 166 Å². The van der Waals surface area contributed by atoms with Gasteiger partial charge in [0.25, 0.3) is 0 Å². The lowest BCUT2D eigenvalue weighted by atomic mass is 9.90. The number of carbonyl (C=O) groups is 1. The summed E-state index contributed by atoms with van der Waals surface area (Å²) in [5, 5.41) is 0. The highest BCUT2D eigenvalue weighted by molar-refractivity contribution is 7.89. The molecule has 6 nitrogen and oxygen atoms in total. The highest BCUT2D eigenvalue weighted by atomic mass is 32.2. The van der Waals surface area contributed by atoms with Gasteiger partial charge >= 0.3 is 0 Å². The molecule has 1 aromatic carbocycles. The van der Waals surface area contributed by atoms with E-state index in [-0.39, 0.29) is 22.8 Å². The second kappa shape index (κ2) is 7.64. The van der Waals surface area contributed by atoms with Crippen LogP contribution in [0.5, 0.6) is 0 Å². The molecule has 0 bridgehead atoms. The molecule has 0 radical (unpaired) electrons. The molecular weight excluding hydrogens is 374 g/mol. The molecule has 0 spiro atoms. The molecule has 28 heavy (non-hydrogen) atoms. The van der Waals surface area contributed by atoms with Crippen molar-refractivity contribution in [3.63, 3.8) is 0 Å². The molecule has 0 N–H and O–H groups in total. The van der Waals surface area contributed by atoms with E-state index in [1.807, 2.05) is 17.0 Å². The molecule has 1 aromatic heterocycles. The Morgan fingerprint density at radius 1 is 1.07 bits per heavy atom. The van der Waals surface area contributed by atoms with Gasteiger partial charge in [0.1, 0.15) is 4.90 Å². The lowest BCUT2D eigenvalue weighted by Crippen LogP contribution is -2.46. The largest absolute Gasteiger partial charge is 0.335 e. The monoisotopic (exact) mass is 399 g/mol. The molecule has 0 aliphatic carbocycles. The van der Waals surface area contributed by atoms with Gasteiger partial charge in [-0.3, -0.25) is 9.78 Å². The van der Waals surface area contributed by atoms with E-state index in [0.717, 1.165) is 13.0 Å². The van der Waals surface area contributed by atoms with Crippen molar-refractivity contribution in [1.82, 2.24) is 14.2 Å². The van der Waals surface area contributed by atoms with Crippen LogP contribution in [0.1, 0.15) is 36.9 Å². The van der Waals surface area contributed by atoms with Crippen LogP contribution in [0, 0.1) is 5.92 Å². The molecule has 1 amide bonds. The lowest BCUT2D eigenvalue weighted by Gasteiger charge is -2.39. The van der Waals surface area contributed by atoms with Crippen molar-refractivity contribution in [2.45, 2.75) is 37.1 Å². The summed E-state index contributed by atoms with van der Waals surface area (Å²) in [6, 6.07) is 11.5. The zero-order valence-electron chi connectivity index (χ0n) is 16.0. The van der Waals surface area contributed by atoms with Gasteiger partial charge in [0, 0.05) is 37.9 Å². The smallest absolute Gasteiger partial charge is 0.244 e. The number of aromatic nitrogens is 1. The van der Waals surface area contributed by atoms with Crippen LogP contribution in [-0.2, 0) is 21.2 Å². The normalized spacial score (nSPS) is 21.3. The van der Waals surface area contributed by atoms with E-state index < -0.39 is 10.0 Å². The topological polar surface area (TPSA) is 70.6 Å². The minimum Gasteiger partial charge on any atom is -0.335 e. The van der Waals surface area contributed by atoms with Gasteiger partial charge in [0.15, 0.2) is 0 Å². The Bertz CT molecular complexity index is 954. The summed E-state index contributed by atoms with van der Waals surface area (Å²) in [5.41, 5.74) is 2.54. The van der Waals surface area contributed by atoms with Gasteiger partial charge in [0.05, 0.1) is 6.04 Å². The van der Waals surface area contributed by atoms with E-state index in [0.29, 0.717) is 25.9 Å². The van der Waals surface area contributed by atoms with Crippen molar-refractivity contribution in [2.75, 3.05) is 19.6 Å². The Hall–Kier alpha value is -2.25. The third-order valence-electron chi connectivity index (χ3n) is 5.95. The number of pyridine rings is 1. The summed E-state index contributed by atoms with van der Waals surface area (Å²) in [5.74, 6) is 0.0356. The summed E-state index contributed by atoms with van der Waals surface area (Å²) >= 11 is 0. The molecule has 2 aromatic rings. The second-order valence-corrected chi connectivity index (χ2v) is 9.46. The number of hydrogen-bond donors (Lipinski definition) is 0. The summed E-state index contributed by atoms with van der Waals surface area (Å²) in [7, 11) is -3.54. The van der Waals surface area contributed by atoms with Crippen LogP contribution >= 0.6 is 0 Å². The number of nitrogens with zero attached hydrogens (tertiary/aromatic N) is 3. The predicted molar refractivity (Wildman–Crippen MR) is 106 cm³/mol. The molecule has 2 aliphatic heterocycles. The Morgan fingerprint density at radius 2 is 1.82 bits per heavy atom. The van der Waals surface area contributed by atoms with Gasteiger partial charge in [0.2, 0.25) is 15.9 Å². The van der Waals surface area contributed by atoms with Crippen molar-refractivity contribution >= 4 is 15.9 Å². The first-order valence-electron chi connectivity index (χ1n) is 9.77. The zero-order chi connectivity index (χ0) is 19.7. The predicted octanol–water partition coefficient (Wildman–Crippen LogP) is 2.63. The van der Waals surface area contributed by atoms with E-state index in [9.17, 15) is 13.2 Å². The highest BCUT2D eigenvalue weighted by Gasteiger charge is 2.36. The fourth-order valence-corrected chi connectivity index (χ4v) is 5.73. The summed E-state index contributed by atoms with van der Waals surface area (Å²) in [4.78, 5) is 19.2. The van der Waals surface area contributed by atoms with Gasteiger partial charge in [-0.25, -0.2) is 8.42 Å². The number of carbonyl (C=O) groups excluding carboxylic acids is 1. The van der Waals surface area contributed by atoms with Crippen LogP contribution in [0.3, 0.4) is 0 Å². The van der Waals surface area contributed by atoms with Crippen molar-refractivity contribution in [3.05, 3.63) is 59.9 Å². The summed E-state index contributed by atoms with van der Waals surface area (Å²) in [6.45, 7) is 3.54. The van der Waals surface area contributed by atoms with E-state index in [1.54, 1.807) is 18.3 Å². The third-order valence-corrected chi connectivity index (χ3v) is 7.84. The Balaban J connectivity index is 1.42. The molecule has 7 heteroatoms. The number of amides is 1. The van der Waals surface area contributed by atoms with Crippen molar-refractivity contribution in [2.24, 2.45) is 5.92 Å². The number of benzene rings is 1. The summed E-state index contributed by atoms with van der Waals surface area (Å²) < 4.78 is 27.0. The number of rotatable bonds is 3. The van der Waals surface area contributed by atoms with E-state index in [1.165, 1.54) is 21.6 Å².